The standard InChI is InChI=1S/C9H11N5OS/c16-9-13-12-8(6-1-2-6)14(9)4-3-7-10-5-11-15-7/h5-6H,1-4H2,(H,13,16). The summed E-state index contributed by atoms with van der Waals surface area (Å²) >= 11 is 5.19. The summed E-state index contributed by atoms with van der Waals surface area (Å²) in [6.45, 7) is 0.739. The molecule has 1 aliphatic carbocycles. The maximum absolute atomic E-state index is 5.19. The van der Waals surface area contributed by atoms with Gasteiger partial charge in [-0.1, -0.05) is 5.16 Å². The molecule has 7 heteroatoms. The number of aromatic nitrogens is 5. The number of aryl methyl sites for hydroxylation is 1. The van der Waals surface area contributed by atoms with E-state index in [0.29, 0.717) is 23.0 Å². The number of hydrogen-bond acceptors (Lipinski definition) is 5. The molecule has 0 saturated heterocycles. The van der Waals surface area contributed by atoms with Crippen LogP contribution in [0.2, 0.25) is 0 Å². The summed E-state index contributed by atoms with van der Waals surface area (Å²) in [7, 11) is 0. The molecule has 0 spiro atoms. The van der Waals surface area contributed by atoms with Crippen molar-refractivity contribution in [2.75, 3.05) is 0 Å². The zero-order valence-electron chi connectivity index (χ0n) is 8.59. The molecule has 2 aromatic rings. The number of aromatic amines is 1. The lowest BCUT2D eigenvalue weighted by Crippen LogP contribution is -2.05. The van der Waals surface area contributed by atoms with E-state index in [4.69, 9.17) is 16.7 Å². The third-order valence-electron chi connectivity index (χ3n) is 2.69. The summed E-state index contributed by atoms with van der Waals surface area (Å²) in [4.78, 5) is 3.98. The topological polar surface area (TPSA) is 72.5 Å². The summed E-state index contributed by atoms with van der Waals surface area (Å²) in [5, 5.41) is 10.7. The zero-order chi connectivity index (χ0) is 11.0. The van der Waals surface area contributed by atoms with Gasteiger partial charge in [-0.25, -0.2) is 0 Å². The van der Waals surface area contributed by atoms with Gasteiger partial charge in [0.15, 0.2) is 11.1 Å². The van der Waals surface area contributed by atoms with Gasteiger partial charge in [-0.3, -0.25) is 5.10 Å². The molecule has 1 saturated carbocycles. The minimum Gasteiger partial charge on any atom is -0.340 e. The van der Waals surface area contributed by atoms with Crippen LogP contribution in [0.5, 0.6) is 0 Å². The monoisotopic (exact) mass is 237 g/mol. The third kappa shape index (κ3) is 1.78. The van der Waals surface area contributed by atoms with E-state index in [1.807, 2.05) is 4.57 Å². The maximum atomic E-state index is 5.19. The number of hydrogen-bond donors (Lipinski definition) is 1. The molecular weight excluding hydrogens is 226 g/mol. The molecule has 2 heterocycles. The van der Waals surface area contributed by atoms with Crippen LogP contribution in [-0.2, 0) is 13.0 Å². The smallest absolute Gasteiger partial charge is 0.228 e. The molecule has 16 heavy (non-hydrogen) atoms. The third-order valence-corrected chi connectivity index (χ3v) is 3.00. The first-order valence-electron chi connectivity index (χ1n) is 5.25. The fourth-order valence-corrected chi connectivity index (χ4v) is 1.94. The van der Waals surface area contributed by atoms with Gasteiger partial charge in [-0.05, 0) is 25.1 Å². The fraction of sp³-hybridized carbons (Fsp3) is 0.556. The second-order valence-corrected chi connectivity index (χ2v) is 4.28. The van der Waals surface area contributed by atoms with E-state index in [0.717, 1.165) is 12.4 Å². The van der Waals surface area contributed by atoms with Crippen molar-refractivity contribution < 1.29 is 4.52 Å². The van der Waals surface area contributed by atoms with Crippen LogP contribution in [0.4, 0.5) is 0 Å². The summed E-state index contributed by atoms with van der Waals surface area (Å²) in [6.07, 6.45) is 4.51. The minimum absolute atomic E-state index is 0.579. The number of nitrogens with zero attached hydrogens (tertiary/aromatic N) is 4. The van der Waals surface area contributed by atoms with E-state index in [-0.39, 0.29) is 0 Å². The van der Waals surface area contributed by atoms with Crippen molar-refractivity contribution in [3.05, 3.63) is 22.8 Å². The van der Waals surface area contributed by atoms with Gasteiger partial charge in [-0.15, -0.1) is 0 Å². The maximum Gasteiger partial charge on any atom is 0.228 e. The summed E-state index contributed by atoms with van der Waals surface area (Å²) < 4.78 is 7.64. The lowest BCUT2D eigenvalue weighted by molar-refractivity contribution is 0.369. The van der Waals surface area contributed by atoms with Gasteiger partial charge < -0.3 is 9.09 Å². The van der Waals surface area contributed by atoms with Gasteiger partial charge in [0.1, 0.15) is 5.82 Å². The number of nitrogens with one attached hydrogen (secondary N) is 1. The lowest BCUT2D eigenvalue weighted by atomic mass is 10.3. The van der Waals surface area contributed by atoms with E-state index < -0.39 is 0 Å². The Morgan fingerprint density at radius 1 is 1.56 bits per heavy atom. The second-order valence-electron chi connectivity index (χ2n) is 3.90. The molecule has 1 fully saturated rings. The van der Waals surface area contributed by atoms with Gasteiger partial charge in [-0.2, -0.15) is 10.1 Å². The average molecular weight is 237 g/mol. The van der Waals surface area contributed by atoms with E-state index in [2.05, 4.69) is 20.3 Å². The van der Waals surface area contributed by atoms with Crippen molar-refractivity contribution in [3.63, 3.8) is 0 Å². The first-order chi connectivity index (χ1) is 7.84. The number of H-pyrrole nitrogens is 1. The van der Waals surface area contributed by atoms with Crippen LogP contribution in [0, 0.1) is 4.77 Å². The van der Waals surface area contributed by atoms with E-state index in [1.165, 1.54) is 19.2 Å². The van der Waals surface area contributed by atoms with Gasteiger partial charge >= 0.3 is 0 Å². The molecule has 0 amide bonds. The summed E-state index contributed by atoms with van der Waals surface area (Å²) in [5.41, 5.74) is 0. The van der Waals surface area contributed by atoms with Crippen molar-refractivity contribution in [3.8, 4) is 0 Å². The lowest BCUT2D eigenvalue weighted by Gasteiger charge is -2.02. The number of rotatable bonds is 4. The Bertz CT molecular complexity index is 524. The predicted molar refractivity (Wildman–Crippen MR) is 57.4 cm³/mol. The van der Waals surface area contributed by atoms with Crippen LogP contribution >= 0.6 is 12.2 Å². The van der Waals surface area contributed by atoms with Gasteiger partial charge in [0.25, 0.3) is 0 Å². The average Bonchev–Trinajstić information content (AvgIpc) is 2.87. The first kappa shape index (κ1) is 9.71. The molecule has 0 aromatic carbocycles. The van der Waals surface area contributed by atoms with Crippen LogP contribution in [-0.4, -0.2) is 24.9 Å². The quantitative estimate of drug-likeness (QED) is 0.815. The van der Waals surface area contributed by atoms with Crippen LogP contribution < -0.4 is 0 Å². The van der Waals surface area contributed by atoms with Gasteiger partial charge in [0.2, 0.25) is 5.89 Å². The Kier molecular flexibility index (Phi) is 2.32. The second kappa shape index (κ2) is 3.82. The van der Waals surface area contributed by atoms with Crippen molar-refractivity contribution >= 4 is 12.2 Å². The SMILES string of the molecule is S=c1[nH]nc(C2CC2)n1CCc1ncno1. The highest BCUT2D eigenvalue weighted by atomic mass is 32.1. The molecule has 3 rings (SSSR count). The Hall–Kier alpha value is -1.50. The molecule has 1 aliphatic rings. The molecule has 0 unspecified atom stereocenters. The van der Waals surface area contributed by atoms with Crippen molar-refractivity contribution in [1.29, 1.82) is 0 Å². The van der Waals surface area contributed by atoms with E-state index in [1.54, 1.807) is 0 Å². The summed E-state index contributed by atoms with van der Waals surface area (Å²) in [6, 6.07) is 0. The van der Waals surface area contributed by atoms with Crippen molar-refractivity contribution in [1.82, 2.24) is 24.9 Å². The molecule has 2 aromatic heterocycles. The largest absolute Gasteiger partial charge is 0.340 e. The Morgan fingerprint density at radius 3 is 3.12 bits per heavy atom. The van der Waals surface area contributed by atoms with Crippen molar-refractivity contribution in [2.24, 2.45) is 0 Å². The van der Waals surface area contributed by atoms with Crippen molar-refractivity contribution in [2.45, 2.75) is 31.7 Å². The van der Waals surface area contributed by atoms with Crippen LogP contribution in [0.25, 0.3) is 0 Å². The highest BCUT2D eigenvalue weighted by Gasteiger charge is 2.28. The van der Waals surface area contributed by atoms with Gasteiger partial charge in [0, 0.05) is 18.9 Å². The fourth-order valence-electron chi connectivity index (χ4n) is 1.71. The Morgan fingerprint density at radius 2 is 2.44 bits per heavy atom. The highest BCUT2D eigenvalue weighted by Crippen LogP contribution is 2.38. The Labute approximate surface area is 96.7 Å². The van der Waals surface area contributed by atoms with E-state index in [9.17, 15) is 0 Å². The molecule has 0 atom stereocenters. The summed E-state index contributed by atoms with van der Waals surface area (Å²) in [5.74, 6) is 2.27. The normalized spacial score (nSPS) is 15.5. The van der Waals surface area contributed by atoms with Crippen LogP contribution in [0.15, 0.2) is 10.9 Å². The minimum atomic E-state index is 0.579. The van der Waals surface area contributed by atoms with E-state index >= 15 is 0 Å². The molecule has 0 aliphatic heterocycles. The molecule has 84 valence electrons. The molecular formula is C9H11N5OS. The van der Waals surface area contributed by atoms with Crippen LogP contribution in [0.3, 0.4) is 0 Å². The molecule has 0 radical (unpaired) electrons. The molecule has 0 bridgehead atoms. The molecule has 1 N–H and O–H groups in total. The molecule has 6 nitrogen and oxygen atoms in total. The Balaban J connectivity index is 1.78. The first-order valence-corrected chi connectivity index (χ1v) is 5.66. The predicted octanol–water partition coefficient (Wildman–Crippen LogP) is 1.44. The van der Waals surface area contributed by atoms with Crippen LogP contribution in [0.1, 0.15) is 30.5 Å². The highest BCUT2D eigenvalue weighted by molar-refractivity contribution is 7.71. The zero-order valence-corrected chi connectivity index (χ0v) is 9.40. The van der Waals surface area contributed by atoms with Gasteiger partial charge in [0.05, 0.1) is 0 Å².